The molecular weight excluding hydrogens is 1130 g/mol. The molecular formula is C51H70ClF7N4O14S2. The van der Waals surface area contributed by atoms with E-state index in [0.29, 0.717) is 85.3 Å². The van der Waals surface area contributed by atoms with Crippen molar-refractivity contribution in [2.24, 2.45) is 41.2 Å². The van der Waals surface area contributed by atoms with Crippen LogP contribution in [0.1, 0.15) is 122 Å². The van der Waals surface area contributed by atoms with Crippen LogP contribution in [0, 0.1) is 41.3 Å². The number of thioether (sulfide) groups is 1. The van der Waals surface area contributed by atoms with E-state index in [1.54, 1.807) is 23.4 Å². The van der Waals surface area contributed by atoms with Crippen LogP contribution in [0.3, 0.4) is 0 Å². The van der Waals surface area contributed by atoms with Crippen molar-refractivity contribution in [1.82, 2.24) is 14.7 Å². The van der Waals surface area contributed by atoms with Crippen molar-refractivity contribution in [2.45, 2.75) is 156 Å². The summed E-state index contributed by atoms with van der Waals surface area (Å²) in [4.78, 5) is 69.8. The van der Waals surface area contributed by atoms with Gasteiger partial charge in [0.25, 0.3) is 5.91 Å². The Morgan fingerprint density at radius 3 is 1.65 bits per heavy atom. The average molecular weight is 1200 g/mol. The minimum absolute atomic E-state index is 0. The third-order valence-electron chi connectivity index (χ3n) is 13.3. The fourth-order valence-corrected chi connectivity index (χ4v) is 9.49. The van der Waals surface area contributed by atoms with E-state index >= 15 is 0 Å². The quantitative estimate of drug-likeness (QED) is 0.0690. The summed E-state index contributed by atoms with van der Waals surface area (Å²) < 4.78 is 112. The first-order valence-electron chi connectivity index (χ1n) is 25.3. The Labute approximate surface area is 468 Å². The zero-order chi connectivity index (χ0) is 58.2. The van der Waals surface area contributed by atoms with Crippen molar-refractivity contribution in [3.63, 3.8) is 0 Å². The number of esters is 3. The maximum Gasteiger partial charge on any atom is 0.522 e. The van der Waals surface area contributed by atoms with Gasteiger partial charge in [-0.3, -0.25) is 42.9 Å². The number of aliphatic hydroxyl groups is 1. The number of fused-ring (bicyclic) bond motifs is 1. The molecule has 5 aliphatic carbocycles. The number of carboxylic acid groups (broad SMARTS) is 1. The second kappa shape index (κ2) is 31.4. The minimum Gasteiger partial charge on any atom is -0.481 e. The van der Waals surface area contributed by atoms with Crippen molar-refractivity contribution < 1.29 is 98.1 Å². The molecule has 2 aromatic rings. The molecule has 5 saturated carbocycles. The van der Waals surface area contributed by atoms with E-state index < -0.39 is 60.4 Å². The molecule has 0 unspecified atom stereocenters. The summed E-state index contributed by atoms with van der Waals surface area (Å²) in [5, 5.41) is 21.6. The number of primary amides is 1. The van der Waals surface area contributed by atoms with Crippen molar-refractivity contribution in [2.75, 3.05) is 32.6 Å². The molecule has 18 nitrogen and oxygen atoms in total. The van der Waals surface area contributed by atoms with Crippen molar-refractivity contribution in [1.29, 1.82) is 0 Å². The van der Waals surface area contributed by atoms with Crippen LogP contribution in [0.5, 0.6) is 0 Å². The summed E-state index contributed by atoms with van der Waals surface area (Å²) >= 11 is 12.2. The summed E-state index contributed by atoms with van der Waals surface area (Å²) in [7, 11) is 0. The molecule has 0 bridgehead atoms. The Kier molecular flexibility index (Phi) is 27.2. The molecule has 0 radical (unpaired) electrons. The second-order valence-electron chi connectivity index (χ2n) is 19.3. The van der Waals surface area contributed by atoms with Gasteiger partial charge in [0, 0.05) is 18.5 Å². The van der Waals surface area contributed by atoms with E-state index in [1.165, 1.54) is 30.0 Å². The molecule has 2 amide bonds. The van der Waals surface area contributed by atoms with E-state index in [0.717, 1.165) is 25.7 Å². The maximum atomic E-state index is 13.5. The van der Waals surface area contributed by atoms with Gasteiger partial charge >= 0.3 is 36.6 Å². The van der Waals surface area contributed by atoms with Crippen molar-refractivity contribution >= 4 is 75.7 Å². The number of amides is 2. The van der Waals surface area contributed by atoms with Gasteiger partial charge in [-0.25, -0.2) is 4.39 Å². The Morgan fingerprint density at radius 2 is 1.24 bits per heavy atom. The van der Waals surface area contributed by atoms with E-state index in [9.17, 15) is 59.5 Å². The van der Waals surface area contributed by atoms with E-state index in [1.807, 2.05) is 13.2 Å². The highest BCUT2D eigenvalue weighted by Crippen LogP contribution is 2.39. The third kappa shape index (κ3) is 21.9. The van der Waals surface area contributed by atoms with Gasteiger partial charge in [-0.2, -0.15) is 5.10 Å². The number of aliphatic hydroxyl groups excluding tert-OH is 1. The first-order chi connectivity index (χ1) is 36.5. The lowest BCUT2D eigenvalue weighted by Crippen LogP contribution is -2.40. The highest BCUT2D eigenvalue weighted by atomic mass is 35.5. The predicted octanol–water partition coefficient (Wildman–Crippen LogP) is 9.42. The number of carboxylic acids is 1. The van der Waals surface area contributed by atoms with Gasteiger partial charge in [-0.1, -0.05) is 37.7 Å². The lowest BCUT2D eigenvalue weighted by molar-refractivity contribution is -0.354. The smallest absolute Gasteiger partial charge is 0.481 e. The molecule has 2 heterocycles. The Bertz CT molecular complexity index is 2370. The number of aromatic nitrogens is 2. The standard InChI is InChI=1S/C20H22ClFN4O2.C9H14O3S2.C8H11F3O3.C7H12O3.C6H7F3O3.CH4/c1-11-6-12(7-11)8-17(27)25-4-5-26-16(10-25)18(20(23)28)19(24-26)13-2-3-15(22)14(21)9-13;1-3-11-8(10)6-4-7(5-6)12-9(13)14-2;1-2-13-7(12)5-3-6(4-5)14-8(9,10)11;1-2-10-7(9)5-3-6(8)4-5;7-6(8,9)12-4-1-3(2-4)5(10)11;/h2-3,9,11-12H,4-8,10H2,1H3,(H2,23,28);6-7H,3-5H2,1-2H3;5-6H,2-4H2,1H3;5-6,8H,2-4H2,1H3;3-4H,1-2H2,(H,10,11);1H4. The molecule has 1 aromatic heterocycles. The second-order valence-corrected chi connectivity index (χ2v) is 21.2. The van der Waals surface area contributed by atoms with Gasteiger partial charge in [0.1, 0.15) is 17.6 Å². The van der Waals surface area contributed by atoms with Crippen LogP contribution < -0.4 is 5.73 Å². The number of nitrogens with zero attached hydrogens (tertiary/aromatic N) is 3. The highest BCUT2D eigenvalue weighted by molar-refractivity contribution is 8.22. The van der Waals surface area contributed by atoms with Crippen LogP contribution in [0.4, 0.5) is 30.7 Å². The summed E-state index contributed by atoms with van der Waals surface area (Å²) in [6.07, 6.45) is -3.90. The number of alkyl halides is 6. The molecule has 0 atom stereocenters. The average Bonchev–Trinajstić information content (AvgIpc) is 3.68. The Hall–Kier alpha value is -4.83. The zero-order valence-corrected chi connectivity index (χ0v) is 46.0. The van der Waals surface area contributed by atoms with Crippen LogP contribution in [-0.4, -0.2) is 135 Å². The number of ether oxygens (including phenoxy) is 6. The summed E-state index contributed by atoms with van der Waals surface area (Å²) in [5.74, 6) is -2.78. The Balaban J connectivity index is 0.000000276. The molecule has 1 aromatic carbocycles. The van der Waals surface area contributed by atoms with E-state index in [-0.39, 0.29) is 92.2 Å². The van der Waals surface area contributed by atoms with E-state index in [4.69, 9.17) is 54.0 Å². The first kappa shape index (κ1) is 68.4. The molecule has 8 rings (SSSR count). The van der Waals surface area contributed by atoms with Gasteiger partial charge in [-0.05, 0) is 133 Å². The van der Waals surface area contributed by atoms with Crippen LogP contribution in [-0.2, 0) is 65.5 Å². The molecule has 0 saturated heterocycles. The predicted molar refractivity (Wildman–Crippen MR) is 277 cm³/mol. The minimum atomic E-state index is -4.64. The van der Waals surface area contributed by atoms with Gasteiger partial charge in [0.15, 0.2) is 0 Å². The van der Waals surface area contributed by atoms with Gasteiger partial charge in [-0.15, -0.1) is 26.3 Å². The summed E-state index contributed by atoms with van der Waals surface area (Å²) in [6.45, 7) is 9.90. The van der Waals surface area contributed by atoms with Crippen LogP contribution in [0.25, 0.3) is 11.3 Å². The normalized spacial score (nSPS) is 25.1. The fraction of sp³-hybridized carbons (Fsp3) is 0.686. The SMILES string of the molecule is C.CC1CC(CC(=O)N2CCn3nc(-c4ccc(F)c(Cl)c4)c(C(N)=O)c3C2)C1.CCOC(=O)C1CC(O)C1.CCOC(=O)C1CC(OC(=S)SC)C1.CCOC(=O)C1CC(OC(F)(F)F)C1.O=C(O)C1CC(OC(F)(F)F)C1. The number of nitrogens with two attached hydrogens (primary N) is 1. The van der Waals surface area contributed by atoms with Crippen molar-refractivity contribution in [3.8, 4) is 11.3 Å². The number of carbonyl (C=O) groups is 6. The number of carbonyl (C=O) groups excluding carboxylic acids is 5. The van der Waals surface area contributed by atoms with Crippen LogP contribution >= 0.6 is 35.6 Å². The zero-order valence-electron chi connectivity index (χ0n) is 43.6. The topological polar surface area (TPSA) is 245 Å². The first-order valence-corrected chi connectivity index (χ1v) is 27.3. The molecule has 0 spiro atoms. The molecule has 5 fully saturated rings. The van der Waals surface area contributed by atoms with E-state index in [2.05, 4.69) is 26.2 Å². The monoisotopic (exact) mass is 1190 g/mol. The summed E-state index contributed by atoms with van der Waals surface area (Å²) in [5.41, 5.74) is 7.39. The molecule has 28 heteroatoms. The fourth-order valence-electron chi connectivity index (χ4n) is 8.94. The number of thiocarbonyl (C=S) groups is 1. The third-order valence-corrected chi connectivity index (χ3v) is 14.7. The van der Waals surface area contributed by atoms with Crippen molar-refractivity contribution in [3.05, 3.63) is 40.3 Å². The molecule has 6 aliphatic rings. The molecule has 79 heavy (non-hydrogen) atoms. The molecule has 1 aliphatic heterocycles. The van der Waals surface area contributed by atoms with Crippen LogP contribution in [0.2, 0.25) is 5.02 Å². The number of rotatable bonds is 14. The number of hydrogen-bond donors (Lipinski definition) is 3. The number of aliphatic carboxylic acids is 1. The lowest BCUT2D eigenvalue weighted by atomic mass is 9.74. The molecule has 4 N–H and O–H groups in total. The number of halogens is 8. The largest absolute Gasteiger partial charge is 0.522 e. The number of benzene rings is 1. The summed E-state index contributed by atoms with van der Waals surface area (Å²) in [6, 6.07) is 4.18. The lowest BCUT2D eigenvalue weighted by Gasteiger charge is -2.35. The molecule has 446 valence electrons. The van der Waals surface area contributed by atoms with Gasteiger partial charge in [0.2, 0.25) is 10.3 Å². The van der Waals surface area contributed by atoms with Crippen LogP contribution in [0.15, 0.2) is 18.2 Å². The highest BCUT2D eigenvalue weighted by Gasteiger charge is 2.44. The number of hydrogen-bond acceptors (Lipinski definition) is 16. The van der Waals surface area contributed by atoms with Gasteiger partial charge < -0.3 is 39.8 Å². The van der Waals surface area contributed by atoms with Gasteiger partial charge in [0.05, 0.1) is 91.2 Å². The Morgan fingerprint density at radius 1 is 0.772 bits per heavy atom. The maximum absolute atomic E-state index is 13.5.